The first-order chi connectivity index (χ1) is 12.4. The number of aliphatic imine (C=N–C) groups is 1. The molecule has 2 heterocycles. The minimum atomic E-state index is -1.11. The van der Waals surface area contributed by atoms with Crippen molar-refractivity contribution in [3.63, 3.8) is 0 Å². The predicted octanol–water partition coefficient (Wildman–Crippen LogP) is 3.23. The highest BCUT2D eigenvalue weighted by Gasteiger charge is 2.26. The van der Waals surface area contributed by atoms with Gasteiger partial charge in [0.15, 0.2) is 5.96 Å². The summed E-state index contributed by atoms with van der Waals surface area (Å²) >= 11 is 0. The summed E-state index contributed by atoms with van der Waals surface area (Å²) in [4.78, 5) is 7.12. The van der Waals surface area contributed by atoms with Gasteiger partial charge in [0, 0.05) is 25.7 Å². The van der Waals surface area contributed by atoms with Crippen LogP contribution in [0.2, 0.25) is 0 Å². The molecule has 0 amide bonds. The summed E-state index contributed by atoms with van der Waals surface area (Å²) in [5.74, 6) is 2.08. The van der Waals surface area contributed by atoms with Gasteiger partial charge in [0.25, 0.3) is 0 Å². The van der Waals surface area contributed by atoms with Crippen LogP contribution in [0.25, 0.3) is 0 Å². The lowest BCUT2D eigenvalue weighted by Gasteiger charge is -2.33. The molecule has 0 saturated carbocycles. The molecule has 27 heavy (non-hydrogen) atoms. The Hall–Kier alpha value is -0.800. The molecule has 3 N–H and O–H groups in total. The summed E-state index contributed by atoms with van der Waals surface area (Å²) in [7, 11) is 0. The summed E-state index contributed by atoms with van der Waals surface area (Å²) in [6.07, 6.45) is 5.09. The van der Waals surface area contributed by atoms with Crippen molar-refractivity contribution in [3.05, 3.63) is 23.7 Å². The summed E-state index contributed by atoms with van der Waals surface area (Å²) in [6.45, 7) is 12.2. The Labute approximate surface area is 181 Å². The largest absolute Gasteiger partial charge is 0.463 e. The molecule has 1 aliphatic rings. The van der Waals surface area contributed by atoms with E-state index >= 15 is 0 Å². The topological polar surface area (TPSA) is 73.0 Å². The van der Waals surface area contributed by atoms with Gasteiger partial charge in [-0.25, -0.2) is 4.99 Å². The first-order valence-electron chi connectivity index (χ1n) is 9.98. The van der Waals surface area contributed by atoms with E-state index in [1.54, 1.807) is 6.92 Å². The molecule has 2 unspecified atom stereocenters. The summed E-state index contributed by atoms with van der Waals surface area (Å²) in [5, 5.41) is 17.2. The van der Waals surface area contributed by atoms with Crippen LogP contribution < -0.4 is 10.6 Å². The van der Waals surface area contributed by atoms with E-state index in [1.807, 2.05) is 26.0 Å². The van der Waals surface area contributed by atoms with Crippen LogP contribution in [0, 0.1) is 6.92 Å². The molecule has 0 radical (unpaired) electrons. The molecule has 6 nitrogen and oxygen atoms in total. The molecule has 0 aromatic carbocycles. The van der Waals surface area contributed by atoms with Gasteiger partial charge >= 0.3 is 0 Å². The number of halogens is 1. The molecule has 7 heteroatoms. The average Bonchev–Trinajstić information content (AvgIpc) is 3.05. The SMILES string of the molecule is CCNC(=NCC(C)(O)c1ccc(C)o1)NCCCN1CCCCC1C.I. The van der Waals surface area contributed by atoms with E-state index in [0.29, 0.717) is 11.8 Å². The van der Waals surface area contributed by atoms with Crippen LogP contribution >= 0.6 is 24.0 Å². The fraction of sp³-hybridized carbons (Fsp3) is 0.750. The molecule has 2 rings (SSSR count). The molecule has 1 fully saturated rings. The van der Waals surface area contributed by atoms with Gasteiger partial charge in [-0.3, -0.25) is 0 Å². The highest BCUT2D eigenvalue weighted by atomic mass is 127. The van der Waals surface area contributed by atoms with Crippen molar-refractivity contribution in [1.82, 2.24) is 15.5 Å². The molecule has 0 bridgehead atoms. The van der Waals surface area contributed by atoms with Gasteiger partial charge in [-0.05, 0) is 65.6 Å². The Morgan fingerprint density at radius 3 is 2.78 bits per heavy atom. The zero-order valence-corrected chi connectivity index (χ0v) is 19.6. The average molecular weight is 492 g/mol. The van der Waals surface area contributed by atoms with E-state index in [9.17, 15) is 5.11 Å². The second kappa shape index (κ2) is 11.9. The normalized spacial score (nSPS) is 20.6. The molecule has 1 aromatic rings. The molecule has 0 spiro atoms. The summed E-state index contributed by atoms with van der Waals surface area (Å²) in [6, 6.07) is 4.38. The number of hydrogen-bond donors (Lipinski definition) is 3. The van der Waals surface area contributed by atoms with E-state index in [4.69, 9.17) is 4.42 Å². The van der Waals surface area contributed by atoms with E-state index in [-0.39, 0.29) is 30.5 Å². The number of nitrogens with one attached hydrogen (secondary N) is 2. The maximum Gasteiger partial charge on any atom is 0.191 e. The number of guanidine groups is 1. The van der Waals surface area contributed by atoms with Crippen LogP contribution in [-0.4, -0.2) is 54.7 Å². The number of likely N-dealkylation sites (tertiary alicyclic amines) is 1. The Bertz CT molecular complexity index is 574. The van der Waals surface area contributed by atoms with E-state index in [2.05, 4.69) is 27.4 Å². The van der Waals surface area contributed by atoms with Crippen molar-refractivity contribution < 1.29 is 9.52 Å². The Kier molecular flexibility index (Phi) is 10.7. The molecular formula is C20H37IN4O2. The lowest BCUT2D eigenvalue weighted by atomic mass is 10.0. The first kappa shape index (κ1) is 24.2. The number of hydrogen-bond acceptors (Lipinski definition) is 4. The van der Waals surface area contributed by atoms with Gasteiger partial charge in [-0.2, -0.15) is 0 Å². The maximum absolute atomic E-state index is 10.6. The van der Waals surface area contributed by atoms with Crippen molar-refractivity contribution in [1.29, 1.82) is 0 Å². The third-order valence-electron chi connectivity index (χ3n) is 5.02. The number of piperidine rings is 1. The molecule has 1 aromatic heterocycles. The van der Waals surface area contributed by atoms with Crippen LogP contribution in [-0.2, 0) is 5.60 Å². The summed E-state index contributed by atoms with van der Waals surface area (Å²) < 4.78 is 5.55. The fourth-order valence-electron chi connectivity index (χ4n) is 3.36. The van der Waals surface area contributed by atoms with Crippen molar-refractivity contribution in [2.24, 2.45) is 4.99 Å². The van der Waals surface area contributed by atoms with Gasteiger partial charge in [-0.1, -0.05) is 6.42 Å². The van der Waals surface area contributed by atoms with Gasteiger partial charge in [0.1, 0.15) is 17.1 Å². The van der Waals surface area contributed by atoms with Crippen molar-refractivity contribution in [3.8, 4) is 0 Å². The molecule has 0 aliphatic carbocycles. The fourth-order valence-corrected chi connectivity index (χ4v) is 3.36. The minimum Gasteiger partial charge on any atom is -0.463 e. The third-order valence-corrected chi connectivity index (χ3v) is 5.02. The Balaban J connectivity index is 0.00000364. The number of furan rings is 1. The zero-order chi connectivity index (χ0) is 19.0. The van der Waals surface area contributed by atoms with E-state index in [0.717, 1.165) is 37.8 Å². The van der Waals surface area contributed by atoms with Crippen molar-refractivity contribution in [2.45, 2.75) is 65.0 Å². The van der Waals surface area contributed by atoms with Crippen LogP contribution in [0.5, 0.6) is 0 Å². The lowest BCUT2D eigenvalue weighted by molar-refractivity contribution is 0.0428. The molecule has 2 atom stereocenters. The van der Waals surface area contributed by atoms with Crippen molar-refractivity contribution in [2.75, 3.05) is 32.7 Å². The minimum absolute atomic E-state index is 0. The number of aliphatic hydroxyl groups is 1. The second-order valence-electron chi connectivity index (χ2n) is 7.54. The summed E-state index contributed by atoms with van der Waals surface area (Å²) in [5.41, 5.74) is -1.11. The monoisotopic (exact) mass is 492 g/mol. The molecular weight excluding hydrogens is 455 g/mol. The first-order valence-corrected chi connectivity index (χ1v) is 9.98. The predicted molar refractivity (Wildman–Crippen MR) is 122 cm³/mol. The molecule has 156 valence electrons. The highest BCUT2D eigenvalue weighted by Crippen LogP contribution is 2.23. The number of rotatable bonds is 8. The molecule has 1 saturated heterocycles. The smallest absolute Gasteiger partial charge is 0.191 e. The standard InChI is InChI=1S/C20H36N4O2.HI/c1-5-21-19(22-12-8-14-24-13-7-6-9-16(24)2)23-15-20(4,25)18-11-10-17(3)26-18;/h10-11,16,25H,5-9,12-15H2,1-4H3,(H2,21,22,23);1H. The van der Waals surface area contributed by atoms with Gasteiger partial charge in [-0.15, -0.1) is 24.0 Å². The number of aryl methyl sites for hydroxylation is 1. The van der Waals surface area contributed by atoms with Crippen LogP contribution in [0.3, 0.4) is 0 Å². The maximum atomic E-state index is 10.6. The van der Waals surface area contributed by atoms with Gasteiger partial charge < -0.3 is 25.1 Å². The highest BCUT2D eigenvalue weighted by molar-refractivity contribution is 14.0. The van der Waals surface area contributed by atoms with Crippen molar-refractivity contribution >= 4 is 29.9 Å². The van der Waals surface area contributed by atoms with E-state index < -0.39 is 5.60 Å². The number of nitrogens with zero attached hydrogens (tertiary/aromatic N) is 2. The van der Waals surface area contributed by atoms with Gasteiger partial charge in [0.05, 0.1) is 6.54 Å². The van der Waals surface area contributed by atoms with Crippen LogP contribution in [0.1, 0.15) is 58.0 Å². The quantitative estimate of drug-likeness (QED) is 0.225. The third kappa shape index (κ3) is 7.99. The lowest BCUT2D eigenvalue weighted by Crippen LogP contribution is -2.42. The van der Waals surface area contributed by atoms with E-state index in [1.165, 1.54) is 25.8 Å². The molecule has 1 aliphatic heterocycles. The van der Waals surface area contributed by atoms with Gasteiger partial charge in [0.2, 0.25) is 0 Å². The van der Waals surface area contributed by atoms with Crippen LogP contribution in [0.4, 0.5) is 0 Å². The Morgan fingerprint density at radius 2 is 2.15 bits per heavy atom. The zero-order valence-electron chi connectivity index (χ0n) is 17.3. The Morgan fingerprint density at radius 1 is 1.37 bits per heavy atom. The van der Waals surface area contributed by atoms with Crippen LogP contribution in [0.15, 0.2) is 21.5 Å². The second-order valence-corrected chi connectivity index (χ2v) is 7.54.